The summed E-state index contributed by atoms with van der Waals surface area (Å²) in [6.07, 6.45) is 0. The van der Waals surface area contributed by atoms with E-state index < -0.39 is 0 Å². The number of hydrogen-bond acceptors (Lipinski definition) is 5. The highest BCUT2D eigenvalue weighted by Gasteiger charge is 2.14. The van der Waals surface area contributed by atoms with Crippen LogP contribution in [0, 0.1) is 5.92 Å². The van der Waals surface area contributed by atoms with E-state index in [0.29, 0.717) is 37.7 Å². The molecule has 0 amide bonds. The summed E-state index contributed by atoms with van der Waals surface area (Å²) in [6.45, 7) is 5.81. The van der Waals surface area contributed by atoms with Gasteiger partial charge in [-0.2, -0.15) is 5.10 Å². The van der Waals surface area contributed by atoms with Crippen LogP contribution in [0.3, 0.4) is 0 Å². The van der Waals surface area contributed by atoms with Crippen LogP contribution < -0.4 is 5.56 Å². The predicted molar refractivity (Wildman–Crippen MR) is 98.2 cm³/mol. The van der Waals surface area contributed by atoms with Crippen molar-refractivity contribution in [1.82, 2.24) is 14.7 Å². The lowest BCUT2D eigenvalue weighted by atomic mass is 10.1. The summed E-state index contributed by atoms with van der Waals surface area (Å²) >= 11 is 0. The van der Waals surface area contributed by atoms with Gasteiger partial charge in [-0.25, -0.2) is 4.68 Å². The molecule has 0 fully saturated rings. The zero-order valence-corrected chi connectivity index (χ0v) is 14.9. The monoisotopic (exact) mass is 345 g/mol. The quantitative estimate of drug-likeness (QED) is 0.717. The van der Waals surface area contributed by atoms with E-state index in [1.807, 2.05) is 55.1 Å². The van der Waals surface area contributed by atoms with E-state index in [9.17, 15) is 15.0 Å². The zero-order valence-electron chi connectivity index (χ0n) is 14.9. The Balaban J connectivity index is 2.44. The lowest BCUT2D eigenvalue weighted by Gasteiger charge is -2.21. The molecule has 1 aromatic carbocycles. The first-order valence-electron chi connectivity index (χ1n) is 8.65. The summed E-state index contributed by atoms with van der Waals surface area (Å²) < 4.78 is 1.53. The second kappa shape index (κ2) is 9.46. The SMILES string of the molecule is CC(C)Cn1nc(-c2ccccc2)cc(CN(CCO)CCO)c1=O. The van der Waals surface area contributed by atoms with Gasteiger partial charge in [0.2, 0.25) is 0 Å². The molecule has 0 unspecified atom stereocenters. The Morgan fingerprint density at radius 1 is 1.12 bits per heavy atom. The fraction of sp³-hybridized carbons (Fsp3) is 0.474. The van der Waals surface area contributed by atoms with E-state index in [0.717, 1.165) is 11.3 Å². The molecule has 0 saturated heterocycles. The molecule has 2 aromatic rings. The van der Waals surface area contributed by atoms with Crippen molar-refractivity contribution >= 4 is 0 Å². The summed E-state index contributed by atoms with van der Waals surface area (Å²) in [5.41, 5.74) is 2.21. The minimum Gasteiger partial charge on any atom is -0.395 e. The Hall–Kier alpha value is -2.02. The predicted octanol–water partition coefficient (Wildman–Crippen LogP) is 1.35. The highest BCUT2D eigenvalue weighted by atomic mass is 16.3. The molecule has 0 aliphatic carbocycles. The Bertz CT molecular complexity index is 708. The van der Waals surface area contributed by atoms with Gasteiger partial charge in [-0.3, -0.25) is 9.69 Å². The normalized spacial score (nSPS) is 11.4. The maximum Gasteiger partial charge on any atom is 0.271 e. The second-order valence-corrected chi connectivity index (χ2v) is 6.53. The minimum absolute atomic E-state index is 0.0171. The van der Waals surface area contributed by atoms with Crippen molar-refractivity contribution in [1.29, 1.82) is 0 Å². The van der Waals surface area contributed by atoms with Crippen molar-refractivity contribution in [3.8, 4) is 11.3 Å². The Labute approximate surface area is 148 Å². The summed E-state index contributed by atoms with van der Waals surface area (Å²) in [7, 11) is 0. The molecule has 25 heavy (non-hydrogen) atoms. The van der Waals surface area contributed by atoms with Gasteiger partial charge in [0.1, 0.15) is 0 Å². The van der Waals surface area contributed by atoms with E-state index in [1.54, 1.807) is 0 Å². The molecule has 6 nitrogen and oxygen atoms in total. The third kappa shape index (κ3) is 5.49. The van der Waals surface area contributed by atoms with Crippen LogP contribution in [0.1, 0.15) is 19.4 Å². The molecule has 0 aliphatic rings. The Morgan fingerprint density at radius 2 is 1.76 bits per heavy atom. The van der Waals surface area contributed by atoms with Crippen molar-refractivity contribution in [2.45, 2.75) is 26.9 Å². The highest BCUT2D eigenvalue weighted by molar-refractivity contribution is 5.58. The fourth-order valence-corrected chi connectivity index (χ4v) is 2.72. The molecule has 2 rings (SSSR count). The molecule has 0 atom stereocenters. The van der Waals surface area contributed by atoms with Crippen molar-refractivity contribution in [2.24, 2.45) is 5.92 Å². The molecular weight excluding hydrogens is 318 g/mol. The third-order valence-corrected chi connectivity index (χ3v) is 3.88. The number of aliphatic hydroxyl groups excluding tert-OH is 2. The Kier molecular flexibility index (Phi) is 7.31. The fourth-order valence-electron chi connectivity index (χ4n) is 2.72. The molecule has 136 valence electrons. The maximum absolute atomic E-state index is 12.8. The molecule has 0 radical (unpaired) electrons. The molecule has 0 bridgehead atoms. The van der Waals surface area contributed by atoms with E-state index in [-0.39, 0.29) is 18.8 Å². The number of aliphatic hydroxyl groups is 2. The molecule has 6 heteroatoms. The molecule has 0 saturated carbocycles. The van der Waals surface area contributed by atoms with Gasteiger partial charge in [-0.05, 0) is 12.0 Å². The summed E-state index contributed by atoms with van der Waals surface area (Å²) in [5.74, 6) is 0.301. The molecule has 0 spiro atoms. The number of benzene rings is 1. The first kappa shape index (κ1) is 19.3. The first-order chi connectivity index (χ1) is 12.0. The van der Waals surface area contributed by atoms with Crippen molar-refractivity contribution in [2.75, 3.05) is 26.3 Å². The van der Waals surface area contributed by atoms with Crippen LogP contribution in [0.2, 0.25) is 0 Å². The number of nitrogens with zero attached hydrogens (tertiary/aromatic N) is 3. The van der Waals surface area contributed by atoms with Gasteiger partial charge in [-0.1, -0.05) is 44.2 Å². The second-order valence-electron chi connectivity index (χ2n) is 6.53. The minimum atomic E-state index is -0.116. The van der Waals surface area contributed by atoms with Gasteiger partial charge in [0, 0.05) is 37.3 Å². The summed E-state index contributed by atoms with van der Waals surface area (Å²) in [4.78, 5) is 14.6. The maximum atomic E-state index is 12.8. The van der Waals surface area contributed by atoms with Gasteiger partial charge in [0.25, 0.3) is 5.56 Å². The lowest BCUT2D eigenvalue weighted by molar-refractivity contribution is 0.155. The molecule has 0 aliphatic heterocycles. The van der Waals surface area contributed by atoms with E-state index >= 15 is 0 Å². The van der Waals surface area contributed by atoms with E-state index in [2.05, 4.69) is 5.10 Å². The van der Waals surface area contributed by atoms with Crippen LogP contribution >= 0.6 is 0 Å². The lowest BCUT2D eigenvalue weighted by Crippen LogP contribution is -2.35. The largest absolute Gasteiger partial charge is 0.395 e. The van der Waals surface area contributed by atoms with Crippen molar-refractivity contribution in [3.63, 3.8) is 0 Å². The number of aromatic nitrogens is 2. The van der Waals surface area contributed by atoms with Crippen molar-refractivity contribution in [3.05, 3.63) is 52.3 Å². The van der Waals surface area contributed by atoms with E-state index in [1.165, 1.54) is 4.68 Å². The average molecular weight is 345 g/mol. The van der Waals surface area contributed by atoms with Crippen LogP contribution in [-0.2, 0) is 13.1 Å². The van der Waals surface area contributed by atoms with E-state index in [4.69, 9.17) is 0 Å². The molecule has 2 N–H and O–H groups in total. The van der Waals surface area contributed by atoms with Gasteiger partial charge in [0.05, 0.1) is 18.9 Å². The molecule has 1 heterocycles. The van der Waals surface area contributed by atoms with Crippen molar-refractivity contribution < 1.29 is 10.2 Å². The van der Waals surface area contributed by atoms with Crippen LogP contribution in [0.4, 0.5) is 0 Å². The smallest absolute Gasteiger partial charge is 0.271 e. The van der Waals surface area contributed by atoms with Crippen LogP contribution in [0.5, 0.6) is 0 Å². The van der Waals surface area contributed by atoms with Crippen LogP contribution in [0.25, 0.3) is 11.3 Å². The average Bonchev–Trinajstić information content (AvgIpc) is 2.59. The highest BCUT2D eigenvalue weighted by Crippen LogP contribution is 2.17. The van der Waals surface area contributed by atoms with Gasteiger partial charge < -0.3 is 10.2 Å². The van der Waals surface area contributed by atoms with Gasteiger partial charge in [0.15, 0.2) is 0 Å². The third-order valence-electron chi connectivity index (χ3n) is 3.88. The summed E-state index contributed by atoms with van der Waals surface area (Å²) in [5, 5.41) is 22.9. The van der Waals surface area contributed by atoms with Crippen LogP contribution in [-0.4, -0.2) is 51.2 Å². The Morgan fingerprint density at radius 3 is 2.32 bits per heavy atom. The van der Waals surface area contributed by atoms with Crippen LogP contribution in [0.15, 0.2) is 41.2 Å². The zero-order chi connectivity index (χ0) is 18.2. The first-order valence-corrected chi connectivity index (χ1v) is 8.65. The number of rotatable bonds is 9. The van der Waals surface area contributed by atoms with Gasteiger partial charge >= 0.3 is 0 Å². The number of hydrogen-bond donors (Lipinski definition) is 2. The van der Waals surface area contributed by atoms with Gasteiger partial charge in [-0.15, -0.1) is 0 Å². The summed E-state index contributed by atoms with van der Waals surface area (Å²) in [6, 6.07) is 11.6. The molecular formula is C19H27N3O3. The topological polar surface area (TPSA) is 78.6 Å². The standard InChI is InChI=1S/C19H27N3O3/c1-15(2)13-22-19(25)17(14-21(8-10-23)9-11-24)12-18(20-22)16-6-4-3-5-7-16/h3-7,12,15,23-24H,8-11,13-14H2,1-2H3. The molecule has 1 aromatic heterocycles.